The maximum Gasteiger partial charge on any atom is 0.527 e. The molecule has 0 spiro atoms. The van der Waals surface area contributed by atoms with Gasteiger partial charge in [-0.3, -0.25) is 0 Å². The minimum Gasteiger partial charge on any atom is -0.497 e. The zero-order valence-electron chi connectivity index (χ0n) is 6.53. The number of benzene rings is 1. The van der Waals surface area contributed by atoms with Crippen LogP contribution in [0.25, 0.3) is 0 Å². The molecule has 0 radical (unpaired) electrons. The molecular formula is C8H8NO2S+. The zero-order chi connectivity index (χ0) is 8.97. The topological polar surface area (TPSA) is 50.1 Å². The molecule has 0 atom stereocenters. The highest BCUT2D eigenvalue weighted by Gasteiger charge is 2.13. The van der Waals surface area contributed by atoms with Crippen LogP contribution in [0, 0.1) is 5.41 Å². The van der Waals surface area contributed by atoms with Crippen molar-refractivity contribution < 1.29 is 8.95 Å². The van der Waals surface area contributed by atoms with Crippen LogP contribution in [-0.4, -0.2) is 12.2 Å². The summed E-state index contributed by atoms with van der Waals surface area (Å²) in [5, 5.41) is 7.24. The summed E-state index contributed by atoms with van der Waals surface area (Å²) >= 11 is 0.184. The van der Waals surface area contributed by atoms with Gasteiger partial charge >= 0.3 is 16.7 Å². The van der Waals surface area contributed by atoms with Crippen LogP contribution in [0.5, 0.6) is 5.75 Å². The zero-order valence-corrected chi connectivity index (χ0v) is 7.35. The van der Waals surface area contributed by atoms with E-state index in [0.29, 0.717) is 5.56 Å². The largest absolute Gasteiger partial charge is 0.527 e. The van der Waals surface area contributed by atoms with Gasteiger partial charge in [0.2, 0.25) is 0 Å². The van der Waals surface area contributed by atoms with Crippen molar-refractivity contribution in [1.82, 2.24) is 0 Å². The van der Waals surface area contributed by atoms with Crippen molar-refractivity contribution in [3.05, 3.63) is 29.8 Å². The van der Waals surface area contributed by atoms with Gasteiger partial charge in [-0.1, -0.05) is 0 Å². The van der Waals surface area contributed by atoms with E-state index >= 15 is 0 Å². The van der Waals surface area contributed by atoms with Crippen molar-refractivity contribution in [3.63, 3.8) is 0 Å². The minimum absolute atomic E-state index is 0.0256. The Hall–Kier alpha value is -1.29. The van der Waals surface area contributed by atoms with E-state index in [-0.39, 0.29) is 16.7 Å². The molecule has 0 heterocycles. The van der Waals surface area contributed by atoms with Crippen LogP contribution in [0.15, 0.2) is 24.3 Å². The second kappa shape index (κ2) is 3.92. The molecule has 62 valence electrons. The maximum atomic E-state index is 10.2. The van der Waals surface area contributed by atoms with E-state index in [1.807, 2.05) is 0 Å². The first-order chi connectivity index (χ1) is 5.77. The molecule has 0 saturated heterocycles. The molecule has 0 aliphatic rings. The van der Waals surface area contributed by atoms with E-state index in [1.165, 1.54) is 0 Å². The summed E-state index contributed by atoms with van der Waals surface area (Å²) in [5.74, 6) is 0.724. The quantitative estimate of drug-likeness (QED) is 0.427. The van der Waals surface area contributed by atoms with E-state index in [2.05, 4.69) is 0 Å². The molecule has 0 aliphatic heterocycles. The summed E-state index contributed by atoms with van der Waals surface area (Å²) in [6.45, 7) is 0. The summed E-state index contributed by atoms with van der Waals surface area (Å²) in [6.07, 6.45) is 0. The molecule has 12 heavy (non-hydrogen) atoms. The summed E-state index contributed by atoms with van der Waals surface area (Å²) in [6, 6.07) is 6.82. The second-order valence-electron chi connectivity index (χ2n) is 2.14. The Balaban J connectivity index is 2.91. The Labute approximate surface area is 74.4 Å². The van der Waals surface area contributed by atoms with Gasteiger partial charge in [0.15, 0.2) is 0 Å². The van der Waals surface area contributed by atoms with E-state index in [1.54, 1.807) is 31.4 Å². The van der Waals surface area contributed by atoms with Crippen molar-refractivity contribution in [2.24, 2.45) is 0 Å². The lowest BCUT2D eigenvalue weighted by Crippen LogP contribution is -1.94. The highest BCUT2D eigenvalue weighted by molar-refractivity contribution is 7.84. The molecule has 0 unspecified atom stereocenters. The molecule has 0 amide bonds. The molecule has 0 aliphatic carbocycles. The van der Waals surface area contributed by atoms with Crippen LogP contribution in [0.3, 0.4) is 0 Å². The lowest BCUT2D eigenvalue weighted by molar-refractivity contribution is 0.415. The van der Waals surface area contributed by atoms with E-state index in [9.17, 15) is 4.21 Å². The van der Waals surface area contributed by atoms with E-state index in [4.69, 9.17) is 10.1 Å². The van der Waals surface area contributed by atoms with E-state index < -0.39 is 0 Å². The number of hydrogen-bond acceptors (Lipinski definition) is 3. The van der Waals surface area contributed by atoms with Crippen LogP contribution in [0.2, 0.25) is 0 Å². The fraction of sp³-hybridized carbons (Fsp3) is 0.125. The summed E-state index contributed by atoms with van der Waals surface area (Å²) in [4.78, 5) is 0. The van der Waals surface area contributed by atoms with Gasteiger partial charge in [0.25, 0.3) is 0 Å². The molecule has 1 aromatic rings. The Morgan fingerprint density at radius 3 is 2.42 bits per heavy atom. The highest BCUT2D eigenvalue weighted by atomic mass is 32.1. The SMILES string of the molecule is COc1ccc(C(=N)[S+]=O)cc1. The maximum absolute atomic E-state index is 10.2. The molecule has 0 bridgehead atoms. The molecule has 1 rings (SSSR count). The molecule has 0 saturated carbocycles. The average Bonchev–Trinajstić information content (AvgIpc) is 2.17. The van der Waals surface area contributed by atoms with Gasteiger partial charge in [0, 0.05) is 4.21 Å². The molecule has 4 heteroatoms. The summed E-state index contributed by atoms with van der Waals surface area (Å²) in [5.41, 5.74) is 0.621. The predicted molar refractivity (Wildman–Crippen MR) is 47.9 cm³/mol. The monoisotopic (exact) mass is 182 g/mol. The summed E-state index contributed by atoms with van der Waals surface area (Å²) in [7, 11) is 1.57. The Kier molecular flexibility index (Phi) is 2.88. The number of hydrogen-bond donors (Lipinski definition) is 1. The van der Waals surface area contributed by atoms with Gasteiger partial charge in [0.05, 0.1) is 12.7 Å². The Morgan fingerprint density at radius 2 is 2.00 bits per heavy atom. The fourth-order valence-corrected chi connectivity index (χ4v) is 1.02. The van der Waals surface area contributed by atoms with Crippen LogP contribution in [-0.2, 0) is 15.9 Å². The molecule has 3 nitrogen and oxygen atoms in total. The van der Waals surface area contributed by atoms with E-state index in [0.717, 1.165) is 5.75 Å². The third kappa shape index (κ3) is 1.85. The Bertz CT molecular complexity index is 294. The molecule has 0 aromatic heterocycles. The first kappa shape index (κ1) is 8.80. The average molecular weight is 182 g/mol. The lowest BCUT2D eigenvalue weighted by atomic mass is 10.2. The molecule has 1 aromatic carbocycles. The smallest absolute Gasteiger partial charge is 0.497 e. The summed E-state index contributed by atoms with van der Waals surface area (Å²) < 4.78 is 15.2. The van der Waals surface area contributed by atoms with Crippen molar-refractivity contribution in [2.45, 2.75) is 0 Å². The third-order valence-electron chi connectivity index (χ3n) is 1.44. The van der Waals surface area contributed by atoms with Gasteiger partial charge in [-0.15, -0.1) is 0 Å². The molecule has 0 fully saturated rings. The molecular weight excluding hydrogens is 174 g/mol. The highest BCUT2D eigenvalue weighted by Crippen LogP contribution is 2.11. The number of nitrogens with one attached hydrogen (secondary N) is 1. The first-order valence-electron chi connectivity index (χ1n) is 3.30. The van der Waals surface area contributed by atoms with Gasteiger partial charge in [0.1, 0.15) is 5.75 Å². The van der Waals surface area contributed by atoms with Crippen molar-refractivity contribution in [3.8, 4) is 5.75 Å². The van der Waals surface area contributed by atoms with Crippen LogP contribution in [0.4, 0.5) is 0 Å². The fourth-order valence-electron chi connectivity index (χ4n) is 0.791. The first-order valence-corrected chi connectivity index (χ1v) is 4.05. The lowest BCUT2D eigenvalue weighted by Gasteiger charge is -1.96. The number of ether oxygens (including phenoxy) is 1. The second-order valence-corrected chi connectivity index (χ2v) is 2.72. The van der Waals surface area contributed by atoms with Crippen molar-refractivity contribution >= 4 is 16.7 Å². The van der Waals surface area contributed by atoms with Crippen molar-refractivity contribution in [1.29, 1.82) is 5.41 Å². The van der Waals surface area contributed by atoms with Gasteiger partial charge in [-0.2, -0.15) is 0 Å². The number of methoxy groups -OCH3 is 1. The predicted octanol–water partition coefficient (Wildman–Crippen LogP) is 1.45. The molecule has 1 N–H and O–H groups in total. The standard InChI is InChI=1S/C8H8NO2S/c1-11-7-4-2-6(3-5-7)8(9)12-10/h2-5,9H,1H3/q+1. The third-order valence-corrected chi connectivity index (χ3v) is 1.84. The van der Waals surface area contributed by atoms with Crippen LogP contribution in [0.1, 0.15) is 5.56 Å². The van der Waals surface area contributed by atoms with Crippen LogP contribution < -0.4 is 4.74 Å². The normalized spacial score (nSPS) is 9.08. The minimum atomic E-state index is 0.0256. The van der Waals surface area contributed by atoms with Gasteiger partial charge in [-0.05, 0) is 24.3 Å². The Morgan fingerprint density at radius 1 is 1.42 bits per heavy atom. The number of rotatable bonds is 2. The van der Waals surface area contributed by atoms with Crippen LogP contribution >= 0.6 is 0 Å². The van der Waals surface area contributed by atoms with Crippen molar-refractivity contribution in [2.75, 3.05) is 7.11 Å². The van der Waals surface area contributed by atoms with Gasteiger partial charge in [-0.25, -0.2) is 5.41 Å². The van der Waals surface area contributed by atoms with Gasteiger partial charge < -0.3 is 4.74 Å².